The lowest BCUT2D eigenvalue weighted by atomic mass is 9.78. The third-order valence-electron chi connectivity index (χ3n) is 4.71. The molecule has 0 aromatic heterocycles. The minimum atomic E-state index is -1.41. The van der Waals surface area contributed by atoms with Crippen LogP contribution >= 0.6 is 0 Å². The van der Waals surface area contributed by atoms with Gasteiger partial charge in [0.05, 0.1) is 13.7 Å². The number of hydrogen-bond donors (Lipinski definition) is 1. The van der Waals surface area contributed by atoms with Gasteiger partial charge in [-0.2, -0.15) is 0 Å². The molecule has 2 aliphatic heterocycles. The Kier molecular flexibility index (Phi) is 4.59. The summed E-state index contributed by atoms with van der Waals surface area (Å²) in [5.74, 6) is -1.48. The number of esters is 1. The molecule has 2 heterocycles. The first kappa shape index (κ1) is 17.2. The molecule has 2 atom stereocenters. The molecular weight excluding hydrogens is 324 g/mol. The molecule has 2 unspecified atom stereocenters. The van der Waals surface area contributed by atoms with Gasteiger partial charge in [-0.25, -0.2) is 14.8 Å². The Morgan fingerprint density at radius 1 is 1.28 bits per heavy atom. The van der Waals surface area contributed by atoms with E-state index in [0.717, 1.165) is 5.56 Å². The van der Waals surface area contributed by atoms with Crippen LogP contribution in [0, 0.1) is 5.41 Å². The highest BCUT2D eigenvalue weighted by atomic mass is 16.5. The van der Waals surface area contributed by atoms with Gasteiger partial charge in [0.2, 0.25) is 0 Å². The molecule has 3 rings (SSSR count). The summed E-state index contributed by atoms with van der Waals surface area (Å²) < 4.78 is 4.76. The zero-order valence-electron chi connectivity index (χ0n) is 13.9. The standard InChI is InChI=1S/C18H20N2O5/c1-25-15(22)14-8-5-10-19-16(23)18(9-11-21,17(24)20(14)19)12-13-6-3-2-4-7-13/h2-8,14,21H,9-12H2,1H3. The first-order valence-electron chi connectivity index (χ1n) is 8.10. The van der Waals surface area contributed by atoms with Crippen molar-refractivity contribution >= 4 is 17.8 Å². The second kappa shape index (κ2) is 6.68. The normalized spacial score (nSPS) is 25.3. The summed E-state index contributed by atoms with van der Waals surface area (Å²) in [6.45, 7) is -0.0949. The predicted octanol–water partition coefficient (Wildman–Crippen LogP) is 0.295. The topological polar surface area (TPSA) is 87.1 Å². The summed E-state index contributed by atoms with van der Waals surface area (Å²) in [4.78, 5) is 38.3. The first-order valence-corrected chi connectivity index (χ1v) is 8.10. The molecule has 1 aromatic carbocycles. The second-order valence-corrected chi connectivity index (χ2v) is 6.15. The third-order valence-corrected chi connectivity index (χ3v) is 4.71. The van der Waals surface area contributed by atoms with Gasteiger partial charge < -0.3 is 9.84 Å². The number of benzene rings is 1. The Labute approximate surface area is 145 Å². The Bertz CT molecular complexity index is 717. The van der Waals surface area contributed by atoms with Crippen LogP contribution in [-0.4, -0.2) is 59.2 Å². The Morgan fingerprint density at radius 2 is 2.00 bits per heavy atom. The highest BCUT2D eigenvalue weighted by molar-refractivity contribution is 6.11. The molecule has 1 saturated heterocycles. The number of nitrogens with zero attached hydrogens (tertiary/aromatic N) is 2. The van der Waals surface area contributed by atoms with Gasteiger partial charge in [0.1, 0.15) is 5.41 Å². The number of amides is 2. The number of methoxy groups -OCH3 is 1. The molecule has 25 heavy (non-hydrogen) atoms. The molecule has 0 spiro atoms. The highest BCUT2D eigenvalue weighted by Crippen LogP contribution is 2.40. The maximum absolute atomic E-state index is 13.2. The van der Waals surface area contributed by atoms with Crippen LogP contribution in [0.25, 0.3) is 0 Å². The van der Waals surface area contributed by atoms with Crippen LogP contribution in [0.5, 0.6) is 0 Å². The van der Waals surface area contributed by atoms with Crippen LogP contribution in [-0.2, 0) is 25.5 Å². The van der Waals surface area contributed by atoms with Gasteiger partial charge in [0, 0.05) is 6.61 Å². The van der Waals surface area contributed by atoms with Crippen molar-refractivity contribution in [2.24, 2.45) is 5.41 Å². The zero-order valence-corrected chi connectivity index (χ0v) is 13.9. The maximum atomic E-state index is 13.2. The average molecular weight is 344 g/mol. The van der Waals surface area contributed by atoms with E-state index in [4.69, 9.17) is 4.74 Å². The van der Waals surface area contributed by atoms with E-state index in [0.29, 0.717) is 0 Å². The summed E-state index contributed by atoms with van der Waals surface area (Å²) in [6.07, 6.45) is 3.40. The highest BCUT2D eigenvalue weighted by Gasteiger charge is 2.60. The summed E-state index contributed by atoms with van der Waals surface area (Å²) in [7, 11) is 1.24. The fourth-order valence-electron chi connectivity index (χ4n) is 3.47. The Hall–Kier alpha value is -2.67. The maximum Gasteiger partial charge on any atom is 0.334 e. The molecule has 7 heteroatoms. The number of hydrazine groups is 1. The van der Waals surface area contributed by atoms with E-state index >= 15 is 0 Å². The van der Waals surface area contributed by atoms with E-state index < -0.39 is 29.2 Å². The smallest absolute Gasteiger partial charge is 0.334 e. The van der Waals surface area contributed by atoms with Crippen molar-refractivity contribution in [3.8, 4) is 0 Å². The van der Waals surface area contributed by atoms with Crippen molar-refractivity contribution in [2.45, 2.75) is 18.9 Å². The summed E-state index contributed by atoms with van der Waals surface area (Å²) in [6, 6.07) is 8.22. The second-order valence-electron chi connectivity index (χ2n) is 6.15. The van der Waals surface area contributed by atoms with Crippen LogP contribution < -0.4 is 0 Å². The van der Waals surface area contributed by atoms with Gasteiger partial charge in [-0.05, 0) is 18.4 Å². The number of carbonyl (C=O) groups is 3. The number of hydrogen-bond acceptors (Lipinski definition) is 5. The van der Waals surface area contributed by atoms with E-state index in [1.54, 1.807) is 12.2 Å². The van der Waals surface area contributed by atoms with Crippen LogP contribution in [0.4, 0.5) is 0 Å². The zero-order chi connectivity index (χ0) is 18.0. The van der Waals surface area contributed by atoms with Crippen molar-refractivity contribution in [1.82, 2.24) is 10.0 Å². The molecule has 0 bridgehead atoms. The van der Waals surface area contributed by atoms with Crippen LogP contribution in [0.3, 0.4) is 0 Å². The van der Waals surface area contributed by atoms with Gasteiger partial charge in [-0.3, -0.25) is 9.59 Å². The molecule has 0 saturated carbocycles. The molecule has 0 radical (unpaired) electrons. The molecule has 1 N–H and O–H groups in total. The van der Waals surface area contributed by atoms with Gasteiger partial charge in [-0.15, -0.1) is 0 Å². The number of ether oxygens (including phenoxy) is 1. The Morgan fingerprint density at radius 3 is 2.64 bits per heavy atom. The minimum absolute atomic E-state index is 0.000450. The number of aliphatic hydroxyl groups is 1. The van der Waals surface area contributed by atoms with Crippen molar-refractivity contribution in [3.63, 3.8) is 0 Å². The van der Waals surface area contributed by atoms with E-state index in [1.165, 1.54) is 17.1 Å². The van der Waals surface area contributed by atoms with Crippen molar-refractivity contribution in [1.29, 1.82) is 0 Å². The van der Waals surface area contributed by atoms with E-state index in [1.807, 2.05) is 30.3 Å². The van der Waals surface area contributed by atoms with E-state index in [-0.39, 0.29) is 26.0 Å². The fourth-order valence-corrected chi connectivity index (χ4v) is 3.47. The van der Waals surface area contributed by atoms with E-state index in [2.05, 4.69) is 0 Å². The molecule has 2 aliphatic rings. The van der Waals surface area contributed by atoms with E-state index in [9.17, 15) is 19.5 Å². The molecule has 7 nitrogen and oxygen atoms in total. The minimum Gasteiger partial charge on any atom is -0.467 e. The van der Waals surface area contributed by atoms with Crippen LogP contribution in [0.1, 0.15) is 12.0 Å². The quantitative estimate of drug-likeness (QED) is 0.471. The number of fused-ring (bicyclic) bond motifs is 1. The average Bonchev–Trinajstić information content (AvgIpc) is 2.84. The number of rotatable bonds is 5. The molecule has 1 fully saturated rings. The molecule has 132 valence electrons. The molecule has 0 aliphatic carbocycles. The fraction of sp³-hybridized carbons (Fsp3) is 0.389. The predicted molar refractivity (Wildman–Crippen MR) is 87.8 cm³/mol. The lowest BCUT2D eigenvalue weighted by molar-refractivity contribution is -0.163. The van der Waals surface area contributed by atoms with Crippen molar-refractivity contribution < 1.29 is 24.2 Å². The molecular formula is C18H20N2O5. The van der Waals surface area contributed by atoms with Gasteiger partial charge in [-0.1, -0.05) is 42.5 Å². The van der Waals surface area contributed by atoms with Crippen molar-refractivity contribution in [3.05, 3.63) is 48.0 Å². The van der Waals surface area contributed by atoms with Crippen molar-refractivity contribution in [2.75, 3.05) is 20.3 Å². The van der Waals surface area contributed by atoms with Gasteiger partial charge in [0.15, 0.2) is 6.04 Å². The van der Waals surface area contributed by atoms with Gasteiger partial charge in [0.25, 0.3) is 11.8 Å². The first-order chi connectivity index (χ1) is 12.0. The summed E-state index contributed by atoms with van der Waals surface area (Å²) in [5, 5.41) is 12.0. The summed E-state index contributed by atoms with van der Waals surface area (Å²) in [5.41, 5.74) is -0.588. The number of aliphatic hydroxyl groups excluding tert-OH is 1. The molecule has 2 amide bonds. The largest absolute Gasteiger partial charge is 0.467 e. The van der Waals surface area contributed by atoms with Crippen LogP contribution in [0.2, 0.25) is 0 Å². The third kappa shape index (κ3) is 2.70. The lowest BCUT2D eigenvalue weighted by Gasteiger charge is -2.33. The monoisotopic (exact) mass is 344 g/mol. The van der Waals surface area contributed by atoms with Crippen LogP contribution in [0.15, 0.2) is 42.5 Å². The van der Waals surface area contributed by atoms with Gasteiger partial charge >= 0.3 is 5.97 Å². The Balaban J connectivity index is 2.01. The lowest BCUT2D eigenvalue weighted by Crippen LogP contribution is -2.52. The SMILES string of the molecule is COC(=O)C1C=CCN2C(=O)C(CCO)(Cc3ccccc3)C(=O)N12. The summed E-state index contributed by atoms with van der Waals surface area (Å²) >= 11 is 0. The number of carbonyl (C=O) groups excluding carboxylic acids is 3. The molecule has 1 aromatic rings.